The molecule has 1 aliphatic carbocycles. The number of halogens is 1. The molecule has 0 bridgehead atoms. The van der Waals surface area contributed by atoms with E-state index in [4.69, 9.17) is 11.6 Å². The van der Waals surface area contributed by atoms with E-state index < -0.39 is 0 Å². The van der Waals surface area contributed by atoms with Crippen LogP contribution >= 0.6 is 11.6 Å². The largest absolute Gasteiger partial charge is 0.349 e. The fourth-order valence-corrected chi connectivity index (χ4v) is 2.72. The van der Waals surface area contributed by atoms with Gasteiger partial charge in [0.2, 0.25) is 0 Å². The van der Waals surface area contributed by atoms with Crippen LogP contribution in [0.4, 0.5) is 5.82 Å². The first-order valence-electron chi connectivity index (χ1n) is 6.80. The van der Waals surface area contributed by atoms with E-state index in [-0.39, 0.29) is 17.2 Å². The van der Waals surface area contributed by atoms with Crippen molar-refractivity contribution in [3.63, 3.8) is 0 Å². The Kier molecular flexibility index (Phi) is 3.31. The van der Waals surface area contributed by atoms with Crippen molar-refractivity contribution in [2.75, 3.05) is 11.9 Å². The Morgan fingerprint density at radius 2 is 2.26 bits per heavy atom. The molecule has 6 heteroatoms. The average Bonchev–Trinajstić information content (AvgIpc) is 3.21. The first-order chi connectivity index (χ1) is 9.22. The number of nitrogens with one attached hydrogen (secondary N) is 1. The molecule has 0 saturated heterocycles. The number of anilines is 1. The Labute approximate surface area is 117 Å². The summed E-state index contributed by atoms with van der Waals surface area (Å²) < 4.78 is 0. The number of amides is 1. The third kappa shape index (κ3) is 2.27. The zero-order valence-electron chi connectivity index (χ0n) is 10.9. The van der Waals surface area contributed by atoms with Crippen LogP contribution in [0.3, 0.4) is 0 Å². The molecule has 1 N–H and O–H groups in total. The third-order valence-corrected chi connectivity index (χ3v) is 4.00. The number of unbranched alkanes of at least 4 members (excludes halogenated alkanes) is 1. The lowest BCUT2D eigenvalue weighted by Gasteiger charge is -2.37. The van der Waals surface area contributed by atoms with Gasteiger partial charge in [0.15, 0.2) is 0 Å². The number of carbonyl (C=O) groups is 1. The Morgan fingerprint density at radius 3 is 2.95 bits per heavy atom. The fraction of sp³-hybridized carbons (Fsp3) is 0.615. The van der Waals surface area contributed by atoms with Gasteiger partial charge in [0.05, 0.1) is 0 Å². The van der Waals surface area contributed by atoms with Crippen molar-refractivity contribution in [1.29, 1.82) is 0 Å². The molecule has 1 aliphatic heterocycles. The zero-order chi connectivity index (χ0) is 13.4. The van der Waals surface area contributed by atoms with Crippen LogP contribution in [0.15, 0.2) is 6.33 Å². The van der Waals surface area contributed by atoms with Crippen molar-refractivity contribution in [3.8, 4) is 0 Å². The molecule has 2 aliphatic rings. The molecule has 1 atom stereocenters. The smallest absolute Gasteiger partial charge is 0.262 e. The first kappa shape index (κ1) is 12.7. The molecule has 19 heavy (non-hydrogen) atoms. The number of hydrogen-bond acceptors (Lipinski definition) is 4. The molecule has 1 aromatic rings. The molecule has 1 unspecified atom stereocenters. The summed E-state index contributed by atoms with van der Waals surface area (Å²) >= 11 is 6.04. The van der Waals surface area contributed by atoms with E-state index in [0.29, 0.717) is 17.3 Å². The molecule has 0 aromatic carbocycles. The Morgan fingerprint density at radius 1 is 1.47 bits per heavy atom. The van der Waals surface area contributed by atoms with Crippen molar-refractivity contribution in [3.05, 3.63) is 17.0 Å². The van der Waals surface area contributed by atoms with Gasteiger partial charge in [-0.15, -0.1) is 0 Å². The molecule has 0 radical (unpaired) electrons. The van der Waals surface area contributed by atoms with Crippen LogP contribution in [0, 0.1) is 5.92 Å². The summed E-state index contributed by atoms with van der Waals surface area (Å²) in [5.74, 6) is 1.09. The summed E-state index contributed by atoms with van der Waals surface area (Å²) in [6.07, 6.45) is 5.86. The van der Waals surface area contributed by atoms with Gasteiger partial charge in [-0.25, -0.2) is 9.97 Å². The van der Waals surface area contributed by atoms with Crippen molar-refractivity contribution in [2.45, 2.75) is 38.8 Å². The molecule has 1 amide bonds. The van der Waals surface area contributed by atoms with Crippen molar-refractivity contribution in [1.82, 2.24) is 14.9 Å². The minimum Gasteiger partial charge on any atom is -0.349 e. The average molecular weight is 281 g/mol. The van der Waals surface area contributed by atoms with Gasteiger partial charge in [0.1, 0.15) is 29.0 Å². The quantitative estimate of drug-likeness (QED) is 0.861. The van der Waals surface area contributed by atoms with E-state index in [1.165, 1.54) is 19.2 Å². The number of rotatable bonds is 4. The normalized spacial score (nSPS) is 22.1. The molecule has 1 saturated carbocycles. The van der Waals surface area contributed by atoms with Crippen LogP contribution < -0.4 is 5.32 Å². The van der Waals surface area contributed by atoms with Gasteiger partial charge >= 0.3 is 0 Å². The fourth-order valence-electron chi connectivity index (χ4n) is 2.50. The summed E-state index contributed by atoms with van der Waals surface area (Å²) in [5, 5.41) is 3.59. The Hall–Kier alpha value is -1.36. The lowest BCUT2D eigenvalue weighted by atomic mass is 10.1. The molecule has 0 spiro atoms. The predicted octanol–water partition coefficient (Wildman–Crippen LogP) is 2.53. The van der Waals surface area contributed by atoms with Crippen LogP contribution in [0.25, 0.3) is 0 Å². The highest BCUT2D eigenvalue weighted by atomic mass is 35.5. The summed E-state index contributed by atoms with van der Waals surface area (Å²) in [6.45, 7) is 2.88. The number of fused-ring (bicyclic) bond motifs is 1. The van der Waals surface area contributed by atoms with Gasteiger partial charge < -0.3 is 10.2 Å². The Balaban J connectivity index is 1.94. The lowest BCUT2D eigenvalue weighted by molar-refractivity contribution is 0.0659. The van der Waals surface area contributed by atoms with Crippen molar-refractivity contribution < 1.29 is 4.79 Å². The van der Waals surface area contributed by atoms with E-state index in [1.807, 2.05) is 4.90 Å². The molecule has 5 nitrogen and oxygen atoms in total. The highest BCUT2D eigenvalue weighted by Gasteiger charge is 2.42. The predicted molar refractivity (Wildman–Crippen MR) is 73.1 cm³/mol. The Bertz CT molecular complexity index is 503. The molecule has 1 aromatic heterocycles. The third-order valence-electron chi connectivity index (χ3n) is 3.72. The summed E-state index contributed by atoms with van der Waals surface area (Å²) in [5.41, 5.74) is 0.414. The van der Waals surface area contributed by atoms with Crippen molar-refractivity contribution in [2.24, 2.45) is 5.92 Å². The summed E-state index contributed by atoms with van der Waals surface area (Å²) in [4.78, 5) is 22.6. The van der Waals surface area contributed by atoms with Crippen LogP contribution in [0.2, 0.25) is 5.15 Å². The minimum atomic E-state index is -0.0373. The van der Waals surface area contributed by atoms with Crippen LogP contribution in [0.1, 0.15) is 43.0 Å². The molecule has 1 fully saturated rings. The zero-order valence-corrected chi connectivity index (χ0v) is 11.7. The van der Waals surface area contributed by atoms with E-state index in [2.05, 4.69) is 22.2 Å². The number of hydrogen-bond donors (Lipinski definition) is 1. The topological polar surface area (TPSA) is 58.1 Å². The van der Waals surface area contributed by atoms with E-state index in [9.17, 15) is 4.79 Å². The van der Waals surface area contributed by atoms with Gasteiger partial charge in [0.25, 0.3) is 5.91 Å². The maximum Gasteiger partial charge on any atom is 0.262 e. The lowest BCUT2D eigenvalue weighted by Crippen LogP contribution is -2.50. The highest BCUT2D eigenvalue weighted by molar-refractivity contribution is 6.33. The van der Waals surface area contributed by atoms with Crippen molar-refractivity contribution >= 4 is 23.3 Å². The number of nitrogens with zero attached hydrogens (tertiary/aromatic N) is 3. The van der Waals surface area contributed by atoms with Gasteiger partial charge in [-0.3, -0.25) is 4.79 Å². The SMILES string of the molecule is CCCCN1C(=O)c2c(Cl)ncnc2NC1C1CC1. The number of carbonyl (C=O) groups excluding carboxylic acids is 1. The second kappa shape index (κ2) is 4.96. The molecular formula is C13H17ClN4O. The van der Waals surface area contributed by atoms with Crippen LogP contribution in [-0.2, 0) is 0 Å². The maximum atomic E-state index is 12.6. The summed E-state index contributed by atoms with van der Waals surface area (Å²) in [6, 6.07) is 0. The monoisotopic (exact) mass is 280 g/mol. The second-order valence-corrected chi connectivity index (χ2v) is 5.52. The van der Waals surface area contributed by atoms with E-state index >= 15 is 0 Å². The second-order valence-electron chi connectivity index (χ2n) is 5.17. The van der Waals surface area contributed by atoms with Gasteiger partial charge in [-0.1, -0.05) is 24.9 Å². The summed E-state index contributed by atoms with van der Waals surface area (Å²) in [7, 11) is 0. The molecule has 2 heterocycles. The van der Waals surface area contributed by atoms with Crippen LogP contribution in [0.5, 0.6) is 0 Å². The van der Waals surface area contributed by atoms with Gasteiger partial charge in [0, 0.05) is 6.54 Å². The van der Waals surface area contributed by atoms with E-state index in [1.54, 1.807) is 0 Å². The molecule has 3 rings (SSSR count). The van der Waals surface area contributed by atoms with E-state index in [0.717, 1.165) is 19.4 Å². The van der Waals surface area contributed by atoms with Crippen LogP contribution in [-0.4, -0.2) is 33.5 Å². The molecule has 102 valence electrons. The maximum absolute atomic E-state index is 12.6. The minimum absolute atomic E-state index is 0.0373. The van der Waals surface area contributed by atoms with Gasteiger partial charge in [-0.2, -0.15) is 0 Å². The number of aromatic nitrogens is 2. The first-order valence-corrected chi connectivity index (χ1v) is 7.18. The highest BCUT2D eigenvalue weighted by Crippen LogP contribution is 2.39. The standard InChI is InChI=1S/C13H17ClN4O/c1-2-3-6-18-12(8-4-5-8)17-11-9(13(18)19)10(14)15-7-16-11/h7-8,12H,2-6H2,1H3,(H,15,16,17). The molecular weight excluding hydrogens is 264 g/mol. The van der Waals surface area contributed by atoms with Gasteiger partial charge in [-0.05, 0) is 25.2 Å².